The van der Waals surface area contributed by atoms with Crippen molar-refractivity contribution in [3.05, 3.63) is 77.2 Å². The Labute approximate surface area is 172 Å². The van der Waals surface area contributed by atoms with Crippen LogP contribution in [0.4, 0.5) is 0 Å². The average Bonchev–Trinajstić information content (AvgIpc) is 3.06. The first-order chi connectivity index (χ1) is 14.0. The van der Waals surface area contributed by atoms with Crippen LogP contribution in [0.25, 0.3) is 22.3 Å². The molecule has 4 rings (SSSR count). The Balaban J connectivity index is 1.71. The number of rotatable bonds is 5. The van der Waals surface area contributed by atoms with Crippen molar-refractivity contribution in [2.45, 2.75) is 38.6 Å². The van der Waals surface area contributed by atoms with Crippen molar-refractivity contribution in [2.75, 3.05) is 0 Å². The Bertz CT molecular complexity index is 1210. The summed E-state index contributed by atoms with van der Waals surface area (Å²) >= 11 is -2.02. The van der Waals surface area contributed by atoms with Crippen molar-refractivity contribution < 1.29 is 8.76 Å². The fourth-order valence-corrected chi connectivity index (χ4v) is 4.28. The highest BCUT2D eigenvalue weighted by Gasteiger charge is 2.14. The van der Waals surface area contributed by atoms with Gasteiger partial charge in [0, 0.05) is 17.7 Å². The number of aromatic nitrogens is 3. The van der Waals surface area contributed by atoms with Gasteiger partial charge in [0.1, 0.15) is 11.3 Å². The number of pyridine rings is 1. The molecule has 148 valence electrons. The zero-order chi connectivity index (χ0) is 20.5. The molecular weight excluding hydrogens is 382 g/mol. The Morgan fingerprint density at radius 2 is 1.76 bits per heavy atom. The van der Waals surface area contributed by atoms with Gasteiger partial charge in [0.05, 0.1) is 11.4 Å². The topological polar surface area (TPSA) is 68.0 Å². The van der Waals surface area contributed by atoms with E-state index in [1.165, 1.54) is 0 Å². The smallest absolute Gasteiger partial charge is 0.187 e. The van der Waals surface area contributed by atoms with Crippen LogP contribution in [-0.2, 0) is 24.0 Å². The summed E-state index contributed by atoms with van der Waals surface area (Å²) in [6.45, 7) is 6.87. The van der Waals surface area contributed by atoms with Crippen LogP contribution in [-0.4, -0.2) is 23.3 Å². The van der Waals surface area contributed by atoms with Gasteiger partial charge in [0.15, 0.2) is 16.7 Å². The van der Waals surface area contributed by atoms with Gasteiger partial charge in [-0.3, -0.25) is 0 Å². The summed E-state index contributed by atoms with van der Waals surface area (Å²) in [4.78, 5) is 9.96. The lowest BCUT2D eigenvalue weighted by molar-refractivity contribution is 0.564. The average molecular weight is 406 g/mol. The SMILES string of the molecule is CCc1nc2c(C)cc(C)nc2n1Cc1ccc(-c2ccccc2S(=O)O)cc1. The normalized spacial score (nSPS) is 12.4. The number of hydrogen-bond acceptors (Lipinski definition) is 3. The number of aryl methyl sites for hydroxylation is 3. The summed E-state index contributed by atoms with van der Waals surface area (Å²) < 4.78 is 23.3. The minimum atomic E-state index is -2.02. The molecule has 5 nitrogen and oxygen atoms in total. The molecule has 1 unspecified atom stereocenters. The van der Waals surface area contributed by atoms with E-state index in [0.29, 0.717) is 11.4 Å². The second kappa shape index (κ2) is 7.89. The Hall–Kier alpha value is -2.83. The summed E-state index contributed by atoms with van der Waals surface area (Å²) in [7, 11) is 0. The predicted molar refractivity (Wildman–Crippen MR) is 116 cm³/mol. The van der Waals surface area contributed by atoms with Crippen molar-refractivity contribution in [3.63, 3.8) is 0 Å². The molecule has 1 atom stereocenters. The van der Waals surface area contributed by atoms with E-state index in [4.69, 9.17) is 9.97 Å². The second-order valence-electron chi connectivity index (χ2n) is 7.16. The highest BCUT2D eigenvalue weighted by atomic mass is 32.2. The molecule has 29 heavy (non-hydrogen) atoms. The van der Waals surface area contributed by atoms with Crippen LogP contribution in [0.3, 0.4) is 0 Å². The molecule has 0 aliphatic carbocycles. The lowest BCUT2D eigenvalue weighted by atomic mass is 10.0. The van der Waals surface area contributed by atoms with E-state index in [2.05, 4.69) is 36.6 Å². The largest absolute Gasteiger partial charge is 0.308 e. The molecule has 2 aromatic heterocycles. The molecule has 0 aliphatic rings. The van der Waals surface area contributed by atoms with Gasteiger partial charge in [-0.1, -0.05) is 49.4 Å². The highest BCUT2D eigenvalue weighted by molar-refractivity contribution is 7.79. The third-order valence-electron chi connectivity index (χ3n) is 5.10. The van der Waals surface area contributed by atoms with Gasteiger partial charge in [-0.25, -0.2) is 14.2 Å². The van der Waals surface area contributed by atoms with Crippen molar-refractivity contribution >= 4 is 22.2 Å². The monoisotopic (exact) mass is 405 g/mol. The molecule has 4 aromatic rings. The first-order valence-corrected chi connectivity index (χ1v) is 10.7. The number of imidazole rings is 1. The minimum Gasteiger partial charge on any atom is -0.308 e. The lowest BCUT2D eigenvalue weighted by Gasteiger charge is -2.10. The molecule has 0 saturated heterocycles. The number of hydrogen-bond donors (Lipinski definition) is 1. The molecule has 0 saturated carbocycles. The maximum atomic E-state index is 11.6. The summed E-state index contributed by atoms with van der Waals surface area (Å²) in [6, 6.07) is 17.4. The molecule has 0 aliphatic heterocycles. The van der Waals surface area contributed by atoms with E-state index < -0.39 is 11.1 Å². The van der Waals surface area contributed by atoms with Crippen LogP contribution >= 0.6 is 0 Å². The van der Waals surface area contributed by atoms with Crippen molar-refractivity contribution in [3.8, 4) is 11.1 Å². The molecule has 2 heterocycles. The van der Waals surface area contributed by atoms with E-state index in [9.17, 15) is 8.76 Å². The molecule has 1 N–H and O–H groups in total. The van der Waals surface area contributed by atoms with Crippen molar-refractivity contribution in [2.24, 2.45) is 0 Å². The summed E-state index contributed by atoms with van der Waals surface area (Å²) in [5.74, 6) is 1.02. The third kappa shape index (κ3) is 3.73. The Kier molecular flexibility index (Phi) is 5.30. The summed E-state index contributed by atoms with van der Waals surface area (Å²) in [6.07, 6.45) is 0.836. The standard InChI is InChI=1S/C23H23N3O2S/c1-4-21-25-22-15(2)13-16(3)24-23(22)26(21)14-17-9-11-18(12-10-17)19-7-5-6-8-20(19)29(27)28/h5-13H,4,14H2,1-3H3,(H,27,28). The summed E-state index contributed by atoms with van der Waals surface area (Å²) in [5, 5.41) is 0. The van der Waals surface area contributed by atoms with Crippen molar-refractivity contribution in [1.82, 2.24) is 14.5 Å². The van der Waals surface area contributed by atoms with Crippen molar-refractivity contribution in [1.29, 1.82) is 0 Å². The van der Waals surface area contributed by atoms with Gasteiger partial charge in [-0.15, -0.1) is 0 Å². The van der Waals surface area contributed by atoms with Crippen LogP contribution in [0.2, 0.25) is 0 Å². The molecule has 0 fully saturated rings. The van der Waals surface area contributed by atoms with Gasteiger partial charge >= 0.3 is 0 Å². The Morgan fingerprint density at radius 3 is 2.45 bits per heavy atom. The molecule has 6 heteroatoms. The van der Waals surface area contributed by atoms with Crippen LogP contribution in [0, 0.1) is 13.8 Å². The van der Waals surface area contributed by atoms with Crippen LogP contribution in [0.15, 0.2) is 59.5 Å². The zero-order valence-electron chi connectivity index (χ0n) is 16.7. The quantitative estimate of drug-likeness (QED) is 0.479. The Morgan fingerprint density at radius 1 is 1.03 bits per heavy atom. The fraction of sp³-hybridized carbons (Fsp3) is 0.217. The maximum absolute atomic E-state index is 11.6. The molecular formula is C23H23N3O2S. The van der Waals surface area contributed by atoms with Gasteiger partial charge < -0.3 is 9.12 Å². The number of benzene rings is 2. The first-order valence-electron chi connectivity index (χ1n) is 9.60. The second-order valence-corrected chi connectivity index (χ2v) is 8.10. The third-order valence-corrected chi connectivity index (χ3v) is 5.83. The van der Waals surface area contributed by atoms with Crippen LogP contribution < -0.4 is 0 Å². The van der Waals surface area contributed by atoms with E-state index in [0.717, 1.165) is 51.4 Å². The lowest BCUT2D eigenvalue weighted by Crippen LogP contribution is -2.05. The van der Waals surface area contributed by atoms with E-state index in [1.54, 1.807) is 12.1 Å². The minimum absolute atomic E-state index is 0.421. The van der Waals surface area contributed by atoms with Gasteiger partial charge in [-0.2, -0.15) is 0 Å². The molecule has 0 amide bonds. The molecule has 0 bridgehead atoms. The van der Waals surface area contributed by atoms with E-state index in [-0.39, 0.29) is 0 Å². The fourth-order valence-electron chi connectivity index (χ4n) is 3.71. The number of nitrogens with zero attached hydrogens (tertiary/aromatic N) is 3. The predicted octanol–water partition coefficient (Wildman–Crippen LogP) is 4.91. The van der Waals surface area contributed by atoms with Gasteiger partial charge in [0.25, 0.3) is 0 Å². The van der Waals surface area contributed by atoms with E-state index in [1.807, 2.05) is 31.2 Å². The van der Waals surface area contributed by atoms with E-state index >= 15 is 0 Å². The van der Waals surface area contributed by atoms with Crippen LogP contribution in [0.1, 0.15) is 29.6 Å². The van der Waals surface area contributed by atoms with Gasteiger partial charge in [-0.05, 0) is 42.7 Å². The molecule has 2 aromatic carbocycles. The highest BCUT2D eigenvalue weighted by Crippen LogP contribution is 2.27. The molecule has 0 spiro atoms. The zero-order valence-corrected chi connectivity index (χ0v) is 17.5. The number of fused-ring (bicyclic) bond motifs is 1. The molecule has 0 radical (unpaired) electrons. The van der Waals surface area contributed by atoms with Gasteiger partial charge in [0.2, 0.25) is 0 Å². The first kappa shape index (κ1) is 19.5. The summed E-state index contributed by atoms with van der Waals surface area (Å²) in [5.41, 5.74) is 6.84. The maximum Gasteiger partial charge on any atom is 0.187 e. The van der Waals surface area contributed by atoms with Crippen LogP contribution in [0.5, 0.6) is 0 Å².